The van der Waals surface area contributed by atoms with Crippen LogP contribution in [0.25, 0.3) is 0 Å². The summed E-state index contributed by atoms with van der Waals surface area (Å²) in [5, 5.41) is 15.3. The molecular formula is C28H30BrN3O4S. The molecule has 0 spiro atoms. The van der Waals surface area contributed by atoms with Crippen LogP contribution in [0.3, 0.4) is 0 Å². The molecule has 1 unspecified atom stereocenters. The Labute approximate surface area is 226 Å². The molecule has 1 saturated heterocycles. The van der Waals surface area contributed by atoms with Crippen LogP contribution in [-0.2, 0) is 22.9 Å². The molecule has 0 amide bonds. The van der Waals surface area contributed by atoms with E-state index in [4.69, 9.17) is 0 Å². The Morgan fingerprint density at radius 2 is 1.65 bits per heavy atom. The largest absolute Gasteiger partial charge is 0.316 e. The van der Waals surface area contributed by atoms with E-state index < -0.39 is 14.9 Å². The number of benzene rings is 3. The first-order valence-corrected chi connectivity index (χ1v) is 14.8. The maximum absolute atomic E-state index is 14.2. The molecule has 2 fully saturated rings. The molecule has 7 nitrogen and oxygen atoms in total. The van der Waals surface area contributed by atoms with E-state index in [1.807, 2.05) is 48.5 Å². The zero-order valence-corrected chi connectivity index (χ0v) is 22.8. The van der Waals surface area contributed by atoms with Gasteiger partial charge in [-0.3, -0.25) is 10.1 Å². The van der Waals surface area contributed by atoms with Gasteiger partial charge in [0.05, 0.1) is 4.92 Å². The summed E-state index contributed by atoms with van der Waals surface area (Å²) in [5.74, 6) is 0.264. The molecular weight excluding hydrogens is 554 g/mol. The first-order chi connectivity index (χ1) is 17.9. The topological polar surface area (TPSA) is 92.5 Å². The lowest BCUT2D eigenvalue weighted by atomic mass is 9.82. The smallest absolute Gasteiger partial charge is 0.289 e. The Morgan fingerprint density at radius 3 is 2.35 bits per heavy atom. The molecule has 1 aliphatic carbocycles. The van der Waals surface area contributed by atoms with Crippen LogP contribution in [0.1, 0.15) is 24.0 Å². The average molecular weight is 585 g/mol. The number of halogens is 1. The lowest BCUT2D eigenvalue weighted by Crippen LogP contribution is -2.49. The van der Waals surface area contributed by atoms with Gasteiger partial charge in [0.25, 0.3) is 5.69 Å². The number of nitro benzene ring substituents is 1. The van der Waals surface area contributed by atoms with Crippen molar-refractivity contribution in [3.63, 3.8) is 0 Å². The molecule has 1 saturated carbocycles. The highest BCUT2D eigenvalue weighted by Crippen LogP contribution is 2.41. The van der Waals surface area contributed by atoms with Gasteiger partial charge < -0.3 is 5.32 Å². The highest BCUT2D eigenvalue weighted by Gasteiger charge is 2.49. The van der Waals surface area contributed by atoms with Crippen LogP contribution >= 0.6 is 15.9 Å². The van der Waals surface area contributed by atoms with E-state index in [1.54, 1.807) is 10.4 Å². The molecule has 3 aromatic rings. The quantitative estimate of drug-likeness (QED) is 0.261. The number of nitro groups is 1. The van der Waals surface area contributed by atoms with E-state index >= 15 is 0 Å². The van der Waals surface area contributed by atoms with Crippen molar-refractivity contribution in [3.05, 3.63) is 105 Å². The Kier molecular flexibility index (Phi) is 7.76. The highest BCUT2D eigenvalue weighted by atomic mass is 79.9. The average Bonchev–Trinajstić information content (AvgIpc) is 3.62. The van der Waals surface area contributed by atoms with E-state index in [1.165, 1.54) is 23.8 Å². The third-order valence-corrected chi connectivity index (χ3v) is 10.3. The Hall–Kier alpha value is -2.59. The summed E-state index contributed by atoms with van der Waals surface area (Å²) in [6.45, 7) is 1.49. The molecule has 37 heavy (non-hydrogen) atoms. The van der Waals surface area contributed by atoms with Crippen molar-refractivity contribution in [2.24, 2.45) is 11.8 Å². The molecule has 1 aliphatic heterocycles. The number of para-hydroxylation sites is 1. The fourth-order valence-electron chi connectivity index (χ4n) is 5.57. The second-order valence-corrected chi connectivity index (χ2v) is 12.6. The van der Waals surface area contributed by atoms with Crippen molar-refractivity contribution < 1.29 is 13.3 Å². The molecule has 1 heterocycles. The van der Waals surface area contributed by atoms with Crippen LogP contribution in [0.15, 0.2) is 88.2 Å². The van der Waals surface area contributed by atoms with Crippen LogP contribution < -0.4 is 5.32 Å². The van der Waals surface area contributed by atoms with Crippen molar-refractivity contribution in [2.75, 3.05) is 13.1 Å². The van der Waals surface area contributed by atoms with E-state index in [-0.39, 0.29) is 34.5 Å². The van der Waals surface area contributed by atoms with Gasteiger partial charge in [0.2, 0.25) is 10.0 Å². The van der Waals surface area contributed by atoms with Gasteiger partial charge in [0, 0.05) is 22.6 Å². The van der Waals surface area contributed by atoms with Gasteiger partial charge in [-0.2, -0.15) is 4.31 Å². The summed E-state index contributed by atoms with van der Waals surface area (Å²) in [7, 11) is -4.12. The molecule has 3 atom stereocenters. The summed E-state index contributed by atoms with van der Waals surface area (Å²) < 4.78 is 31.2. The number of rotatable bonds is 10. The first-order valence-electron chi connectivity index (χ1n) is 12.6. The predicted molar refractivity (Wildman–Crippen MR) is 147 cm³/mol. The predicted octanol–water partition coefficient (Wildman–Crippen LogP) is 5.20. The fraction of sp³-hybridized carbons (Fsp3) is 0.357. The molecule has 3 aromatic carbocycles. The minimum Gasteiger partial charge on any atom is -0.316 e. The number of nitrogens with one attached hydrogen (secondary N) is 1. The lowest BCUT2D eigenvalue weighted by Gasteiger charge is -2.37. The molecule has 194 valence electrons. The molecule has 0 radical (unpaired) electrons. The minimum atomic E-state index is -4.12. The minimum absolute atomic E-state index is 0.0467. The number of hydrogen-bond donors (Lipinski definition) is 1. The SMILES string of the molecule is O=[N+]([O-])c1ccccc1S(=O)(=O)N(C1CC1)C(Cc1ccccc1)[C@@H]1CNC[C@H]1Cc1ccccc1Br. The van der Waals surface area contributed by atoms with Crippen molar-refractivity contribution in [3.8, 4) is 0 Å². The maximum Gasteiger partial charge on any atom is 0.289 e. The summed E-state index contributed by atoms with van der Waals surface area (Å²) >= 11 is 3.67. The molecule has 9 heteroatoms. The van der Waals surface area contributed by atoms with Gasteiger partial charge >= 0.3 is 0 Å². The van der Waals surface area contributed by atoms with Gasteiger partial charge in [-0.1, -0.05) is 76.6 Å². The standard InChI is InChI=1S/C28H30BrN3O4S/c29-25-11-5-4-10-21(25)17-22-18-30-19-24(22)27(16-20-8-2-1-3-9-20)31(23-14-15-23)37(35,36)28-13-7-6-12-26(28)32(33)34/h1-13,22-24,27,30H,14-19H2/t22-,24-,27?/m1/s1. The highest BCUT2D eigenvalue weighted by molar-refractivity contribution is 9.10. The first kappa shape index (κ1) is 26.0. The van der Waals surface area contributed by atoms with E-state index in [9.17, 15) is 18.5 Å². The van der Waals surface area contributed by atoms with Crippen molar-refractivity contribution in [2.45, 2.75) is 42.7 Å². The summed E-state index contributed by atoms with van der Waals surface area (Å²) in [4.78, 5) is 11.0. The van der Waals surface area contributed by atoms with E-state index in [0.717, 1.165) is 35.8 Å². The fourth-order valence-corrected chi connectivity index (χ4v) is 8.10. The monoisotopic (exact) mass is 583 g/mol. The third-order valence-electron chi connectivity index (χ3n) is 7.46. The van der Waals surface area contributed by atoms with Crippen molar-refractivity contribution in [1.29, 1.82) is 0 Å². The van der Waals surface area contributed by atoms with Crippen LogP contribution in [0.4, 0.5) is 5.69 Å². The molecule has 0 aromatic heterocycles. The third kappa shape index (κ3) is 5.65. The molecule has 1 N–H and O–H groups in total. The summed E-state index contributed by atoms with van der Waals surface area (Å²) in [5.41, 5.74) is 1.88. The zero-order valence-electron chi connectivity index (χ0n) is 20.4. The van der Waals surface area contributed by atoms with Crippen molar-refractivity contribution >= 4 is 31.6 Å². The van der Waals surface area contributed by atoms with Crippen LogP contribution in [0, 0.1) is 22.0 Å². The van der Waals surface area contributed by atoms with Gasteiger partial charge in [-0.25, -0.2) is 8.42 Å². The number of hydrogen-bond acceptors (Lipinski definition) is 5. The Balaban J connectivity index is 1.57. The summed E-state index contributed by atoms with van der Waals surface area (Å²) in [6, 6.07) is 23.3. The zero-order chi connectivity index (χ0) is 26.0. The van der Waals surface area contributed by atoms with Crippen LogP contribution in [0.2, 0.25) is 0 Å². The lowest BCUT2D eigenvalue weighted by molar-refractivity contribution is -0.387. The van der Waals surface area contributed by atoms with Gasteiger partial charge in [0.15, 0.2) is 4.90 Å². The summed E-state index contributed by atoms with van der Waals surface area (Å²) in [6.07, 6.45) is 2.89. The Bertz CT molecular complexity index is 1360. The Morgan fingerprint density at radius 1 is 0.973 bits per heavy atom. The van der Waals surface area contributed by atoms with Gasteiger partial charge in [0.1, 0.15) is 0 Å². The second kappa shape index (κ2) is 11.0. The second-order valence-electron chi connectivity index (χ2n) is 9.93. The molecule has 5 rings (SSSR count). The van der Waals surface area contributed by atoms with Crippen molar-refractivity contribution in [1.82, 2.24) is 9.62 Å². The normalized spacial score (nSPS) is 20.7. The van der Waals surface area contributed by atoms with E-state index in [2.05, 4.69) is 27.3 Å². The number of nitrogens with zero attached hydrogens (tertiary/aromatic N) is 2. The van der Waals surface area contributed by atoms with Crippen LogP contribution in [0.5, 0.6) is 0 Å². The van der Waals surface area contributed by atoms with E-state index in [0.29, 0.717) is 13.0 Å². The molecule has 0 bridgehead atoms. The maximum atomic E-state index is 14.2. The van der Waals surface area contributed by atoms with Gasteiger partial charge in [-0.15, -0.1) is 0 Å². The van der Waals surface area contributed by atoms with Crippen LogP contribution in [-0.4, -0.2) is 42.8 Å². The van der Waals surface area contributed by atoms with Gasteiger partial charge in [-0.05, 0) is 73.9 Å². The number of sulfonamides is 1. The molecule has 2 aliphatic rings.